The Kier molecular flexibility index (Phi) is 9.11. The normalized spacial score (nSPS) is 16.2. The van der Waals surface area contributed by atoms with Crippen molar-refractivity contribution in [2.75, 3.05) is 40.0 Å². The van der Waals surface area contributed by atoms with Gasteiger partial charge in [-0.1, -0.05) is 30.3 Å². The summed E-state index contributed by atoms with van der Waals surface area (Å²) in [6.45, 7) is 5.12. The van der Waals surface area contributed by atoms with Crippen molar-refractivity contribution in [1.82, 2.24) is 10.3 Å². The van der Waals surface area contributed by atoms with E-state index in [-0.39, 0.29) is 12.6 Å². The Labute approximate surface area is 234 Å². The van der Waals surface area contributed by atoms with E-state index in [9.17, 15) is 4.79 Å². The second-order valence-corrected chi connectivity index (χ2v) is 9.64. The van der Waals surface area contributed by atoms with Crippen LogP contribution in [0.4, 0.5) is 5.69 Å². The molecular weight excluding hydrogens is 504 g/mol. The number of para-hydroxylation sites is 1. The summed E-state index contributed by atoms with van der Waals surface area (Å²) in [7, 11) is 1.66. The largest absolute Gasteiger partial charge is 0.496 e. The molecule has 4 aromatic rings. The summed E-state index contributed by atoms with van der Waals surface area (Å²) >= 11 is 0. The molecule has 8 heteroatoms. The molecule has 3 aromatic carbocycles. The first-order valence-electron chi connectivity index (χ1n) is 13.6. The summed E-state index contributed by atoms with van der Waals surface area (Å²) < 4.78 is 17.1. The van der Waals surface area contributed by atoms with Crippen LogP contribution in [-0.4, -0.2) is 57.3 Å². The Bertz CT molecular complexity index is 1480. The van der Waals surface area contributed by atoms with E-state index in [1.165, 1.54) is 0 Å². The third kappa shape index (κ3) is 6.52. The minimum atomic E-state index is -0.482. The van der Waals surface area contributed by atoms with Crippen molar-refractivity contribution >= 4 is 22.9 Å². The van der Waals surface area contributed by atoms with Gasteiger partial charge in [-0.2, -0.15) is 10.2 Å². The van der Waals surface area contributed by atoms with Crippen LogP contribution in [0.2, 0.25) is 0 Å². The highest BCUT2D eigenvalue weighted by molar-refractivity contribution is 5.88. The minimum absolute atomic E-state index is 0.0812. The lowest BCUT2D eigenvalue weighted by molar-refractivity contribution is -0.108. The molecule has 1 aromatic heterocycles. The standard InChI is InChI=1S/C32H34N4O4/c1-3-39-26-8-6-7-22(16-26)31-18-29(28-9-4-5-10-30(28)35-31)24(21-37)19-34-36-25-11-12-32(38-2)23(15-25)17-27-20-33-13-14-40-27/h4-12,15-16,18,21,24,27,33H,3,13-14,17,19-20H2,1-2H3. The Balaban J connectivity index is 1.40. The van der Waals surface area contributed by atoms with Crippen LogP contribution in [0.3, 0.4) is 0 Å². The molecule has 2 atom stereocenters. The van der Waals surface area contributed by atoms with Crippen molar-refractivity contribution in [3.8, 4) is 22.8 Å². The van der Waals surface area contributed by atoms with Crippen LogP contribution in [0.15, 0.2) is 83.0 Å². The zero-order valence-corrected chi connectivity index (χ0v) is 22.9. The number of nitrogens with one attached hydrogen (secondary N) is 1. The molecule has 1 saturated heterocycles. The number of nitrogens with zero attached hydrogens (tertiary/aromatic N) is 3. The van der Waals surface area contributed by atoms with Gasteiger partial charge in [0, 0.05) is 30.5 Å². The molecule has 8 nitrogen and oxygen atoms in total. The number of pyridine rings is 1. The summed E-state index contributed by atoms with van der Waals surface area (Å²) in [5, 5.41) is 13.2. The number of morpholine rings is 1. The second kappa shape index (κ2) is 13.3. The lowest BCUT2D eigenvalue weighted by Gasteiger charge is -2.24. The number of hydrogen-bond acceptors (Lipinski definition) is 8. The molecule has 0 spiro atoms. The molecular formula is C32H34N4O4. The second-order valence-electron chi connectivity index (χ2n) is 9.64. The van der Waals surface area contributed by atoms with Crippen LogP contribution in [0.1, 0.15) is 24.0 Å². The van der Waals surface area contributed by atoms with Gasteiger partial charge in [0.2, 0.25) is 0 Å². The van der Waals surface area contributed by atoms with E-state index in [0.717, 1.165) is 64.2 Å². The van der Waals surface area contributed by atoms with Crippen molar-refractivity contribution in [2.45, 2.75) is 25.4 Å². The highest BCUT2D eigenvalue weighted by Crippen LogP contribution is 2.31. The number of methoxy groups -OCH3 is 1. The van der Waals surface area contributed by atoms with E-state index in [1.807, 2.05) is 79.7 Å². The van der Waals surface area contributed by atoms with E-state index in [4.69, 9.17) is 19.2 Å². The SMILES string of the molecule is CCOc1cccc(-c2cc(C(C=O)CN=Nc3ccc(OC)c(CC4CNCCO4)c3)c3ccccc3n2)c1. The van der Waals surface area contributed by atoms with Gasteiger partial charge in [-0.05, 0) is 60.5 Å². The number of aldehydes is 1. The molecule has 0 radical (unpaired) electrons. The van der Waals surface area contributed by atoms with Crippen LogP contribution in [0.5, 0.6) is 11.5 Å². The van der Waals surface area contributed by atoms with Gasteiger partial charge in [0.15, 0.2) is 0 Å². The first-order valence-corrected chi connectivity index (χ1v) is 13.6. The van der Waals surface area contributed by atoms with E-state index in [1.54, 1.807) is 7.11 Å². The number of rotatable bonds is 11. The summed E-state index contributed by atoms with van der Waals surface area (Å²) in [5.41, 5.74) is 5.11. The molecule has 0 bridgehead atoms. The molecule has 5 rings (SSSR count). The number of azo groups is 1. The zero-order valence-electron chi connectivity index (χ0n) is 22.9. The van der Waals surface area contributed by atoms with E-state index >= 15 is 0 Å². The van der Waals surface area contributed by atoms with Gasteiger partial charge < -0.3 is 24.3 Å². The van der Waals surface area contributed by atoms with Gasteiger partial charge in [0.05, 0.1) is 55.8 Å². The van der Waals surface area contributed by atoms with Gasteiger partial charge in [-0.25, -0.2) is 4.98 Å². The molecule has 0 saturated carbocycles. The zero-order chi connectivity index (χ0) is 27.7. The van der Waals surface area contributed by atoms with Gasteiger partial charge in [0.1, 0.15) is 17.8 Å². The predicted octanol–water partition coefficient (Wildman–Crippen LogP) is 5.91. The predicted molar refractivity (Wildman–Crippen MR) is 156 cm³/mol. The highest BCUT2D eigenvalue weighted by atomic mass is 16.5. The van der Waals surface area contributed by atoms with E-state index in [0.29, 0.717) is 25.3 Å². The third-order valence-electron chi connectivity index (χ3n) is 6.93. The maximum atomic E-state index is 12.4. The maximum Gasteiger partial charge on any atom is 0.129 e. The topological polar surface area (TPSA) is 94.4 Å². The van der Waals surface area contributed by atoms with Crippen LogP contribution in [0.25, 0.3) is 22.2 Å². The molecule has 1 fully saturated rings. The average Bonchev–Trinajstić information content (AvgIpc) is 3.00. The number of hydrogen-bond donors (Lipinski definition) is 1. The third-order valence-corrected chi connectivity index (χ3v) is 6.93. The molecule has 0 aliphatic carbocycles. The molecule has 0 amide bonds. The van der Waals surface area contributed by atoms with Crippen molar-refractivity contribution < 1.29 is 19.0 Å². The first-order chi connectivity index (χ1) is 19.7. The molecule has 1 N–H and O–H groups in total. The van der Waals surface area contributed by atoms with Gasteiger partial charge in [-0.15, -0.1) is 0 Å². The van der Waals surface area contributed by atoms with Crippen LogP contribution in [0, 0.1) is 0 Å². The number of ether oxygens (including phenoxy) is 3. The Morgan fingerprint density at radius 2 is 2.02 bits per heavy atom. The summed E-state index contributed by atoms with van der Waals surface area (Å²) in [5.74, 6) is 1.09. The Hall–Kier alpha value is -4.14. The molecule has 206 valence electrons. The molecule has 1 aliphatic heterocycles. The molecule has 2 heterocycles. The summed E-state index contributed by atoms with van der Waals surface area (Å²) in [6, 6.07) is 23.4. The summed E-state index contributed by atoms with van der Waals surface area (Å²) in [6.07, 6.45) is 1.73. The molecule has 1 aliphatic rings. The van der Waals surface area contributed by atoms with Crippen LogP contribution < -0.4 is 14.8 Å². The summed E-state index contributed by atoms with van der Waals surface area (Å²) in [4.78, 5) is 17.2. The van der Waals surface area contributed by atoms with Gasteiger partial charge in [-0.3, -0.25) is 0 Å². The van der Waals surface area contributed by atoms with E-state index < -0.39 is 5.92 Å². The highest BCUT2D eigenvalue weighted by Gasteiger charge is 2.18. The van der Waals surface area contributed by atoms with Crippen molar-refractivity contribution in [1.29, 1.82) is 0 Å². The smallest absolute Gasteiger partial charge is 0.129 e. The monoisotopic (exact) mass is 538 g/mol. The fraction of sp³-hybridized carbons (Fsp3) is 0.312. The first kappa shape index (κ1) is 27.4. The maximum absolute atomic E-state index is 12.4. The Morgan fingerprint density at radius 1 is 1.12 bits per heavy atom. The number of aromatic nitrogens is 1. The molecule has 40 heavy (non-hydrogen) atoms. The van der Waals surface area contributed by atoms with E-state index in [2.05, 4.69) is 15.5 Å². The lowest BCUT2D eigenvalue weighted by Crippen LogP contribution is -2.39. The van der Waals surface area contributed by atoms with Crippen molar-refractivity contribution in [3.05, 3.63) is 83.9 Å². The van der Waals surface area contributed by atoms with Crippen molar-refractivity contribution in [2.24, 2.45) is 10.2 Å². The number of carbonyl (C=O) groups excluding carboxylic acids is 1. The van der Waals surface area contributed by atoms with Gasteiger partial charge in [0.25, 0.3) is 0 Å². The minimum Gasteiger partial charge on any atom is -0.496 e. The number of fused-ring (bicyclic) bond motifs is 1. The fourth-order valence-electron chi connectivity index (χ4n) is 4.98. The number of benzene rings is 3. The van der Waals surface area contributed by atoms with Crippen molar-refractivity contribution in [3.63, 3.8) is 0 Å². The number of carbonyl (C=O) groups is 1. The molecule has 2 unspecified atom stereocenters. The quantitative estimate of drug-likeness (QED) is 0.189. The van der Waals surface area contributed by atoms with Gasteiger partial charge >= 0.3 is 0 Å². The van der Waals surface area contributed by atoms with Crippen LogP contribution in [-0.2, 0) is 16.0 Å². The fourth-order valence-corrected chi connectivity index (χ4v) is 4.98. The lowest BCUT2D eigenvalue weighted by atomic mass is 9.94. The van der Waals surface area contributed by atoms with Crippen LogP contribution >= 0.6 is 0 Å². The Morgan fingerprint density at radius 3 is 2.83 bits per heavy atom. The average molecular weight is 539 g/mol.